The van der Waals surface area contributed by atoms with E-state index in [1.165, 1.54) is 14.2 Å². The predicted molar refractivity (Wildman–Crippen MR) is 62.1 cm³/mol. The maximum atomic E-state index is 8.60. The Hall–Kier alpha value is -0.890. The highest BCUT2D eigenvalue weighted by Gasteiger charge is 2.46. The lowest BCUT2D eigenvalue weighted by atomic mass is 9.97. The molecule has 0 bridgehead atoms. The SMILES string of the molecule is COCC1OC(OC)C(N=[N+]=[N-])C(OC)C1OC. The summed E-state index contributed by atoms with van der Waals surface area (Å²) in [6.45, 7) is 0.335. The van der Waals surface area contributed by atoms with Crippen LogP contribution in [0.3, 0.4) is 0 Å². The lowest BCUT2D eigenvalue weighted by Gasteiger charge is -2.43. The number of ether oxygens (including phenoxy) is 5. The van der Waals surface area contributed by atoms with E-state index in [1.54, 1.807) is 14.2 Å². The maximum Gasteiger partial charge on any atom is 0.168 e. The lowest BCUT2D eigenvalue weighted by molar-refractivity contribution is -0.267. The van der Waals surface area contributed by atoms with Crippen LogP contribution in [0.15, 0.2) is 5.11 Å². The molecule has 1 aliphatic heterocycles. The van der Waals surface area contributed by atoms with Crippen molar-refractivity contribution in [3.05, 3.63) is 10.4 Å². The first-order valence-corrected chi connectivity index (χ1v) is 5.50. The Labute approximate surface area is 106 Å². The molecule has 0 spiro atoms. The average Bonchev–Trinajstić information content (AvgIpc) is 2.39. The molecule has 1 aliphatic rings. The molecule has 0 aromatic rings. The smallest absolute Gasteiger partial charge is 0.168 e. The van der Waals surface area contributed by atoms with Crippen molar-refractivity contribution < 1.29 is 23.7 Å². The molecule has 1 saturated heterocycles. The Balaban J connectivity index is 2.96. The van der Waals surface area contributed by atoms with Gasteiger partial charge in [0.2, 0.25) is 0 Å². The third-order valence-electron chi connectivity index (χ3n) is 2.91. The van der Waals surface area contributed by atoms with Crippen LogP contribution in [0, 0.1) is 0 Å². The molecule has 0 saturated carbocycles. The average molecular weight is 261 g/mol. The van der Waals surface area contributed by atoms with Crippen LogP contribution in [-0.4, -0.2) is 65.7 Å². The summed E-state index contributed by atoms with van der Waals surface area (Å²) in [4.78, 5) is 2.79. The van der Waals surface area contributed by atoms with Crippen LogP contribution in [0.5, 0.6) is 0 Å². The van der Waals surface area contributed by atoms with E-state index < -0.39 is 24.5 Å². The zero-order chi connectivity index (χ0) is 13.5. The zero-order valence-corrected chi connectivity index (χ0v) is 11.0. The maximum absolute atomic E-state index is 8.60. The Kier molecular flexibility index (Phi) is 6.34. The lowest BCUT2D eigenvalue weighted by Crippen LogP contribution is -2.59. The molecule has 0 radical (unpaired) electrons. The van der Waals surface area contributed by atoms with Crippen molar-refractivity contribution in [3.8, 4) is 0 Å². The van der Waals surface area contributed by atoms with Crippen LogP contribution in [0.1, 0.15) is 0 Å². The van der Waals surface area contributed by atoms with Gasteiger partial charge in [0, 0.05) is 33.4 Å². The van der Waals surface area contributed by atoms with E-state index in [4.69, 9.17) is 29.2 Å². The molecule has 18 heavy (non-hydrogen) atoms. The summed E-state index contributed by atoms with van der Waals surface area (Å²) in [6, 6.07) is -0.608. The second-order valence-corrected chi connectivity index (χ2v) is 3.83. The second-order valence-electron chi connectivity index (χ2n) is 3.83. The third-order valence-corrected chi connectivity index (χ3v) is 2.91. The van der Waals surface area contributed by atoms with E-state index in [2.05, 4.69) is 10.0 Å². The van der Waals surface area contributed by atoms with E-state index >= 15 is 0 Å². The fourth-order valence-electron chi connectivity index (χ4n) is 2.12. The number of hydrogen-bond donors (Lipinski definition) is 0. The van der Waals surface area contributed by atoms with Crippen molar-refractivity contribution in [2.45, 2.75) is 30.6 Å². The summed E-state index contributed by atoms with van der Waals surface area (Å²) in [5, 5.41) is 3.67. The van der Waals surface area contributed by atoms with Crippen LogP contribution >= 0.6 is 0 Å². The van der Waals surface area contributed by atoms with Crippen LogP contribution in [0.4, 0.5) is 0 Å². The topological polar surface area (TPSA) is 94.9 Å². The largest absolute Gasteiger partial charge is 0.382 e. The quantitative estimate of drug-likeness (QED) is 0.398. The van der Waals surface area contributed by atoms with Gasteiger partial charge in [-0.25, -0.2) is 0 Å². The minimum atomic E-state index is -0.683. The standard InChI is InChI=1S/C10H19N3O5/c1-14-5-6-8(15-2)9(16-3)7(12-13-11)10(17-4)18-6/h6-10H,5H2,1-4H3. The van der Waals surface area contributed by atoms with Gasteiger partial charge in [-0.3, -0.25) is 0 Å². The molecular formula is C10H19N3O5. The predicted octanol–water partition coefficient (Wildman–Crippen LogP) is 0.713. The van der Waals surface area contributed by atoms with Crippen molar-refractivity contribution in [3.63, 3.8) is 0 Å². The molecular weight excluding hydrogens is 242 g/mol. The molecule has 0 N–H and O–H groups in total. The number of rotatable bonds is 6. The van der Waals surface area contributed by atoms with Crippen LogP contribution in [-0.2, 0) is 23.7 Å². The number of nitrogens with zero attached hydrogens (tertiary/aromatic N) is 3. The summed E-state index contributed by atoms with van der Waals surface area (Å²) in [7, 11) is 6.12. The van der Waals surface area contributed by atoms with Crippen molar-refractivity contribution in [1.82, 2.24) is 0 Å². The van der Waals surface area contributed by atoms with E-state index in [-0.39, 0.29) is 6.10 Å². The molecule has 8 heteroatoms. The van der Waals surface area contributed by atoms with Gasteiger partial charge in [-0.2, -0.15) is 0 Å². The second kappa shape index (κ2) is 7.52. The fourth-order valence-corrected chi connectivity index (χ4v) is 2.12. The van der Waals surface area contributed by atoms with Crippen LogP contribution in [0.2, 0.25) is 0 Å². The third kappa shape index (κ3) is 3.11. The number of methoxy groups -OCH3 is 4. The van der Waals surface area contributed by atoms with Crippen molar-refractivity contribution in [2.24, 2.45) is 5.11 Å². The minimum Gasteiger partial charge on any atom is -0.382 e. The summed E-state index contributed by atoms with van der Waals surface area (Å²) in [5.41, 5.74) is 8.60. The van der Waals surface area contributed by atoms with E-state index in [9.17, 15) is 0 Å². The normalized spacial score (nSPS) is 36.1. The molecule has 104 valence electrons. The Morgan fingerprint density at radius 1 is 1.11 bits per heavy atom. The van der Waals surface area contributed by atoms with Crippen molar-refractivity contribution >= 4 is 0 Å². The van der Waals surface area contributed by atoms with Crippen LogP contribution < -0.4 is 0 Å². The Bertz CT molecular complexity index is 297. The van der Waals surface area contributed by atoms with Gasteiger partial charge in [0.05, 0.1) is 12.7 Å². The molecule has 0 aliphatic carbocycles. The summed E-state index contributed by atoms with van der Waals surface area (Å²) < 4.78 is 26.6. The molecule has 0 aromatic heterocycles. The van der Waals surface area contributed by atoms with E-state index in [0.717, 1.165) is 0 Å². The summed E-state index contributed by atoms with van der Waals surface area (Å²) in [6.07, 6.45) is -1.88. The number of azide groups is 1. The monoisotopic (exact) mass is 261 g/mol. The van der Waals surface area contributed by atoms with Gasteiger partial charge in [0.25, 0.3) is 0 Å². The Morgan fingerprint density at radius 3 is 2.22 bits per heavy atom. The highest BCUT2D eigenvalue weighted by atomic mass is 16.7. The first kappa shape index (κ1) is 15.2. The van der Waals surface area contributed by atoms with Gasteiger partial charge >= 0.3 is 0 Å². The molecule has 1 fully saturated rings. The molecule has 1 heterocycles. The zero-order valence-electron chi connectivity index (χ0n) is 11.0. The highest BCUT2D eigenvalue weighted by Crippen LogP contribution is 2.28. The van der Waals surface area contributed by atoms with Gasteiger partial charge in [0.1, 0.15) is 18.2 Å². The van der Waals surface area contributed by atoms with Gasteiger partial charge in [-0.1, -0.05) is 5.11 Å². The Morgan fingerprint density at radius 2 is 1.78 bits per heavy atom. The van der Waals surface area contributed by atoms with E-state index in [0.29, 0.717) is 6.61 Å². The molecule has 1 rings (SSSR count). The minimum absolute atomic E-state index is 0.335. The van der Waals surface area contributed by atoms with Gasteiger partial charge in [-0.05, 0) is 5.53 Å². The molecule has 8 nitrogen and oxygen atoms in total. The van der Waals surface area contributed by atoms with Crippen LogP contribution in [0.25, 0.3) is 10.4 Å². The molecule has 5 atom stereocenters. The van der Waals surface area contributed by atoms with Gasteiger partial charge in [-0.15, -0.1) is 0 Å². The molecule has 0 aromatic carbocycles. The molecule has 0 amide bonds. The summed E-state index contributed by atoms with van der Waals surface area (Å²) >= 11 is 0. The molecule has 5 unspecified atom stereocenters. The van der Waals surface area contributed by atoms with Crippen molar-refractivity contribution in [2.75, 3.05) is 35.0 Å². The van der Waals surface area contributed by atoms with Gasteiger partial charge < -0.3 is 23.7 Å². The highest BCUT2D eigenvalue weighted by molar-refractivity contribution is 4.95. The summed E-state index contributed by atoms with van der Waals surface area (Å²) in [5.74, 6) is 0. The van der Waals surface area contributed by atoms with Gasteiger partial charge in [0.15, 0.2) is 6.29 Å². The van der Waals surface area contributed by atoms with Crippen molar-refractivity contribution in [1.29, 1.82) is 0 Å². The fraction of sp³-hybridized carbons (Fsp3) is 1.00. The van der Waals surface area contributed by atoms with E-state index in [1.807, 2.05) is 0 Å². The first-order chi connectivity index (χ1) is 8.73. The number of hydrogen-bond acceptors (Lipinski definition) is 6. The first-order valence-electron chi connectivity index (χ1n) is 5.50.